The summed E-state index contributed by atoms with van der Waals surface area (Å²) in [7, 11) is -3.27. The van der Waals surface area contributed by atoms with E-state index in [2.05, 4.69) is 4.72 Å². The van der Waals surface area contributed by atoms with E-state index in [0.717, 1.165) is 31.2 Å². The summed E-state index contributed by atoms with van der Waals surface area (Å²) in [5.41, 5.74) is 1.34. The summed E-state index contributed by atoms with van der Waals surface area (Å²) in [5, 5.41) is 8.94. The van der Waals surface area contributed by atoms with Crippen molar-refractivity contribution < 1.29 is 13.5 Å². The lowest BCUT2D eigenvalue weighted by atomic mass is 9.91. The van der Waals surface area contributed by atoms with E-state index in [1.165, 1.54) is 6.42 Å². The van der Waals surface area contributed by atoms with Crippen LogP contribution < -0.4 is 4.72 Å². The molecule has 1 aliphatic carbocycles. The van der Waals surface area contributed by atoms with Gasteiger partial charge in [-0.05, 0) is 36.5 Å². The van der Waals surface area contributed by atoms with Crippen LogP contribution in [0.15, 0.2) is 24.3 Å². The number of hydrogen-bond donors (Lipinski definition) is 2. The third kappa shape index (κ3) is 4.51. The SMILES string of the molecule is O=S(=O)(CC1CCCCC1)Nc1ccc(CO)cc1. The number of aliphatic hydroxyl groups excluding tert-OH is 1. The third-order valence-electron chi connectivity index (χ3n) is 3.59. The van der Waals surface area contributed by atoms with Gasteiger partial charge in [0.15, 0.2) is 0 Å². The molecule has 0 spiro atoms. The first-order valence-corrected chi connectivity index (χ1v) is 8.44. The average molecular weight is 283 g/mol. The summed E-state index contributed by atoms with van der Waals surface area (Å²) >= 11 is 0. The second kappa shape index (κ2) is 6.39. The molecule has 5 heteroatoms. The van der Waals surface area contributed by atoms with Crippen molar-refractivity contribution in [3.63, 3.8) is 0 Å². The van der Waals surface area contributed by atoms with Crippen molar-refractivity contribution in [2.75, 3.05) is 10.5 Å². The molecule has 1 saturated carbocycles. The number of aliphatic hydroxyl groups is 1. The monoisotopic (exact) mass is 283 g/mol. The van der Waals surface area contributed by atoms with Gasteiger partial charge in [-0.1, -0.05) is 31.4 Å². The van der Waals surface area contributed by atoms with Gasteiger partial charge in [-0.2, -0.15) is 0 Å². The van der Waals surface area contributed by atoms with Crippen LogP contribution >= 0.6 is 0 Å². The molecule has 0 aliphatic heterocycles. The summed E-state index contributed by atoms with van der Waals surface area (Å²) in [5.74, 6) is 0.511. The van der Waals surface area contributed by atoms with Gasteiger partial charge in [-0.15, -0.1) is 0 Å². The molecule has 1 aromatic carbocycles. The van der Waals surface area contributed by atoms with Crippen LogP contribution in [0.5, 0.6) is 0 Å². The number of benzene rings is 1. The summed E-state index contributed by atoms with van der Waals surface area (Å²) in [6.07, 6.45) is 5.55. The van der Waals surface area contributed by atoms with Gasteiger partial charge in [0.1, 0.15) is 0 Å². The molecule has 0 heterocycles. The Balaban J connectivity index is 1.95. The maximum Gasteiger partial charge on any atom is 0.232 e. The van der Waals surface area contributed by atoms with Gasteiger partial charge >= 0.3 is 0 Å². The average Bonchev–Trinajstić information content (AvgIpc) is 2.39. The van der Waals surface area contributed by atoms with Crippen molar-refractivity contribution >= 4 is 15.7 Å². The van der Waals surface area contributed by atoms with Gasteiger partial charge in [0.25, 0.3) is 0 Å². The lowest BCUT2D eigenvalue weighted by molar-refractivity contribution is 0.282. The second-order valence-corrected chi connectivity index (χ2v) is 7.01. The van der Waals surface area contributed by atoms with E-state index in [9.17, 15) is 8.42 Å². The molecule has 2 N–H and O–H groups in total. The van der Waals surface area contributed by atoms with Crippen molar-refractivity contribution in [2.24, 2.45) is 5.92 Å². The van der Waals surface area contributed by atoms with E-state index in [1.807, 2.05) is 0 Å². The van der Waals surface area contributed by atoms with E-state index in [-0.39, 0.29) is 12.4 Å². The molecular weight excluding hydrogens is 262 g/mol. The van der Waals surface area contributed by atoms with Gasteiger partial charge < -0.3 is 5.11 Å². The number of sulfonamides is 1. The highest BCUT2D eigenvalue weighted by molar-refractivity contribution is 7.92. The maximum atomic E-state index is 12.1. The van der Waals surface area contributed by atoms with Crippen molar-refractivity contribution in [1.82, 2.24) is 0 Å². The quantitative estimate of drug-likeness (QED) is 0.872. The molecule has 0 atom stereocenters. The van der Waals surface area contributed by atoms with Crippen molar-refractivity contribution in [1.29, 1.82) is 0 Å². The minimum Gasteiger partial charge on any atom is -0.392 e. The molecule has 19 heavy (non-hydrogen) atoms. The normalized spacial score (nSPS) is 17.3. The highest BCUT2D eigenvalue weighted by Gasteiger charge is 2.21. The van der Waals surface area contributed by atoms with Crippen LogP contribution in [-0.2, 0) is 16.6 Å². The van der Waals surface area contributed by atoms with Crippen molar-refractivity contribution in [2.45, 2.75) is 38.7 Å². The Labute approximate surface area is 114 Å². The highest BCUT2D eigenvalue weighted by Crippen LogP contribution is 2.25. The highest BCUT2D eigenvalue weighted by atomic mass is 32.2. The molecule has 1 aliphatic rings. The third-order valence-corrected chi connectivity index (χ3v) is 5.05. The zero-order chi connectivity index (χ0) is 13.7. The zero-order valence-corrected chi connectivity index (χ0v) is 11.8. The molecule has 106 valence electrons. The van der Waals surface area contributed by atoms with Crippen LogP contribution in [-0.4, -0.2) is 19.3 Å². The first-order chi connectivity index (χ1) is 9.09. The van der Waals surface area contributed by atoms with Crippen LogP contribution in [0.25, 0.3) is 0 Å². The molecule has 0 amide bonds. The standard InChI is InChI=1S/C14H21NO3S/c16-10-12-6-8-14(9-7-12)15-19(17,18)11-13-4-2-1-3-5-13/h6-9,13,15-16H,1-5,10-11H2. The van der Waals surface area contributed by atoms with E-state index in [1.54, 1.807) is 24.3 Å². The van der Waals surface area contributed by atoms with Crippen molar-refractivity contribution in [3.8, 4) is 0 Å². The molecule has 0 unspecified atom stereocenters. The Morgan fingerprint density at radius 1 is 1.11 bits per heavy atom. The first kappa shape index (κ1) is 14.3. The van der Waals surface area contributed by atoms with Gasteiger partial charge in [-0.3, -0.25) is 4.72 Å². The Morgan fingerprint density at radius 2 is 1.74 bits per heavy atom. The van der Waals surface area contributed by atoms with Gasteiger partial charge in [0.2, 0.25) is 10.0 Å². The Hall–Kier alpha value is -1.07. The summed E-state index contributed by atoms with van der Waals surface area (Å²) in [4.78, 5) is 0. The van der Waals surface area contributed by atoms with E-state index in [4.69, 9.17) is 5.11 Å². The van der Waals surface area contributed by atoms with Crippen LogP contribution in [0.4, 0.5) is 5.69 Å². The predicted octanol–water partition coefficient (Wildman–Crippen LogP) is 2.50. The Bertz CT molecular complexity index is 490. The molecular formula is C14H21NO3S. The fraction of sp³-hybridized carbons (Fsp3) is 0.571. The van der Waals surface area contributed by atoms with Crippen LogP contribution in [0.3, 0.4) is 0 Å². The van der Waals surface area contributed by atoms with Crippen LogP contribution in [0.1, 0.15) is 37.7 Å². The fourth-order valence-electron chi connectivity index (χ4n) is 2.56. The molecule has 1 fully saturated rings. The minimum atomic E-state index is -3.27. The summed E-state index contributed by atoms with van der Waals surface area (Å²) in [6.45, 7) is -0.0326. The topological polar surface area (TPSA) is 66.4 Å². The molecule has 0 aromatic heterocycles. The summed E-state index contributed by atoms with van der Waals surface area (Å²) < 4.78 is 26.7. The minimum absolute atomic E-state index is 0.0326. The number of nitrogens with one attached hydrogen (secondary N) is 1. The molecule has 0 saturated heterocycles. The number of rotatable bonds is 5. The maximum absolute atomic E-state index is 12.1. The molecule has 4 nitrogen and oxygen atoms in total. The van der Waals surface area contributed by atoms with Gasteiger partial charge in [-0.25, -0.2) is 8.42 Å². The van der Waals surface area contributed by atoms with E-state index in [0.29, 0.717) is 11.6 Å². The van der Waals surface area contributed by atoms with Gasteiger partial charge in [0.05, 0.1) is 12.4 Å². The Morgan fingerprint density at radius 3 is 2.32 bits per heavy atom. The molecule has 1 aromatic rings. The predicted molar refractivity (Wildman–Crippen MR) is 76.3 cm³/mol. The van der Waals surface area contributed by atoms with E-state index < -0.39 is 10.0 Å². The lowest BCUT2D eigenvalue weighted by Gasteiger charge is -2.21. The second-order valence-electron chi connectivity index (χ2n) is 5.24. The van der Waals surface area contributed by atoms with Crippen LogP contribution in [0, 0.1) is 5.92 Å². The van der Waals surface area contributed by atoms with E-state index >= 15 is 0 Å². The molecule has 0 bridgehead atoms. The smallest absolute Gasteiger partial charge is 0.232 e. The first-order valence-electron chi connectivity index (χ1n) is 6.79. The van der Waals surface area contributed by atoms with Gasteiger partial charge in [0, 0.05) is 5.69 Å². The Kier molecular flexibility index (Phi) is 4.82. The molecule has 0 radical (unpaired) electrons. The van der Waals surface area contributed by atoms with Crippen molar-refractivity contribution in [3.05, 3.63) is 29.8 Å². The molecule has 2 rings (SSSR count). The number of anilines is 1. The van der Waals surface area contributed by atoms with Crippen LogP contribution in [0.2, 0.25) is 0 Å². The summed E-state index contributed by atoms with van der Waals surface area (Å²) in [6, 6.07) is 6.81. The zero-order valence-electron chi connectivity index (χ0n) is 11.0. The fourth-order valence-corrected chi connectivity index (χ4v) is 4.10. The largest absolute Gasteiger partial charge is 0.392 e. The number of hydrogen-bond acceptors (Lipinski definition) is 3. The lowest BCUT2D eigenvalue weighted by Crippen LogP contribution is -2.24.